The Kier molecular flexibility index (Phi) is 5.43. The van der Waals surface area contributed by atoms with Crippen LogP contribution in [-0.4, -0.2) is 29.7 Å². The van der Waals surface area contributed by atoms with E-state index >= 15 is 0 Å². The monoisotopic (exact) mass is 459 g/mol. The summed E-state index contributed by atoms with van der Waals surface area (Å²) in [5, 5.41) is 2.09. The maximum atomic E-state index is 13.6. The minimum atomic E-state index is -0.263. The van der Waals surface area contributed by atoms with E-state index in [-0.39, 0.29) is 17.6 Å². The molecule has 2 fully saturated rings. The Morgan fingerprint density at radius 2 is 1.76 bits per heavy atom. The van der Waals surface area contributed by atoms with Gasteiger partial charge < -0.3 is 0 Å². The lowest BCUT2D eigenvalue weighted by Crippen LogP contribution is -2.43. The second-order valence-corrected chi connectivity index (χ2v) is 10.3. The predicted molar refractivity (Wildman–Crippen MR) is 129 cm³/mol. The fraction of sp³-hybridized carbons (Fsp3) is 0.333. The van der Waals surface area contributed by atoms with Crippen molar-refractivity contribution in [1.29, 1.82) is 0 Å². The minimum absolute atomic E-state index is 0.0150. The molecular weight excluding hydrogens is 433 g/mol. The van der Waals surface area contributed by atoms with E-state index in [0.29, 0.717) is 5.92 Å². The summed E-state index contributed by atoms with van der Waals surface area (Å²) in [6.45, 7) is 1.83. The van der Waals surface area contributed by atoms with Crippen molar-refractivity contribution >= 4 is 23.4 Å². The van der Waals surface area contributed by atoms with Gasteiger partial charge in [0.1, 0.15) is 5.82 Å². The second kappa shape index (κ2) is 8.58. The van der Waals surface area contributed by atoms with E-state index in [4.69, 9.17) is 4.99 Å². The summed E-state index contributed by atoms with van der Waals surface area (Å²) in [7, 11) is 0. The number of benzene rings is 2. The number of hydrogen-bond acceptors (Lipinski definition) is 4. The third kappa shape index (κ3) is 4.06. The summed E-state index contributed by atoms with van der Waals surface area (Å²) >= 11 is 1.77. The lowest BCUT2D eigenvalue weighted by Gasteiger charge is -2.23. The fourth-order valence-electron chi connectivity index (χ4n) is 5.06. The predicted octanol–water partition coefficient (Wildman–Crippen LogP) is 5.46. The van der Waals surface area contributed by atoms with E-state index in [1.165, 1.54) is 29.9 Å². The fourth-order valence-corrected chi connectivity index (χ4v) is 6.34. The van der Waals surface area contributed by atoms with Gasteiger partial charge in [-0.1, -0.05) is 42.8 Å². The normalized spacial score (nSPS) is 24.4. The quantitative estimate of drug-likeness (QED) is 0.663. The zero-order valence-corrected chi connectivity index (χ0v) is 19.2. The Balaban J connectivity index is 1.37. The van der Waals surface area contributed by atoms with Crippen molar-refractivity contribution in [2.45, 2.75) is 37.0 Å². The second-order valence-electron chi connectivity index (χ2n) is 9.21. The van der Waals surface area contributed by atoms with Gasteiger partial charge in [-0.3, -0.25) is 10.2 Å². The number of nitrogens with one attached hydrogen (secondary N) is 1. The Bertz CT molecular complexity index is 1190. The van der Waals surface area contributed by atoms with Crippen molar-refractivity contribution in [2.75, 3.05) is 13.1 Å². The molecule has 2 aliphatic heterocycles. The molecule has 1 N–H and O–H groups in total. The van der Waals surface area contributed by atoms with Gasteiger partial charge in [0.15, 0.2) is 0 Å². The molecule has 2 aliphatic carbocycles. The summed E-state index contributed by atoms with van der Waals surface area (Å²) in [6.07, 6.45) is 7.71. The molecule has 4 nitrogen and oxygen atoms in total. The van der Waals surface area contributed by atoms with Crippen molar-refractivity contribution in [2.24, 2.45) is 16.8 Å². The van der Waals surface area contributed by atoms with E-state index in [9.17, 15) is 9.18 Å². The Morgan fingerprint density at radius 1 is 1.00 bits per heavy atom. The molecule has 2 aromatic rings. The molecule has 0 spiro atoms. The summed E-state index contributed by atoms with van der Waals surface area (Å²) in [5.41, 5.74) is 7.63. The number of nitrogens with zero attached hydrogens (tertiary/aromatic N) is 2. The summed E-state index contributed by atoms with van der Waals surface area (Å²) in [5.74, 6) is 0.379. The molecule has 2 unspecified atom stereocenters. The lowest BCUT2D eigenvalue weighted by atomic mass is 10.00. The topological polar surface area (TPSA) is 44.7 Å². The van der Waals surface area contributed by atoms with Crippen LogP contribution in [0.5, 0.6) is 0 Å². The molecule has 6 heteroatoms. The number of carbonyl (C=O) groups excluding carboxylic acids is 1. The van der Waals surface area contributed by atoms with Gasteiger partial charge in [0.25, 0.3) is 5.91 Å². The van der Waals surface area contributed by atoms with Crippen LogP contribution >= 0.6 is 11.8 Å². The summed E-state index contributed by atoms with van der Waals surface area (Å²) in [4.78, 5) is 20.7. The molecule has 0 aromatic heterocycles. The average molecular weight is 460 g/mol. The van der Waals surface area contributed by atoms with Crippen LogP contribution in [0.4, 0.5) is 4.39 Å². The van der Waals surface area contributed by atoms with E-state index in [0.717, 1.165) is 65.4 Å². The van der Waals surface area contributed by atoms with Gasteiger partial charge in [-0.05, 0) is 61.6 Å². The van der Waals surface area contributed by atoms with Gasteiger partial charge in [-0.15, -0.1) is 0 Å². The van der Waals surface area contributed by atoms with Crippen molar-refractivity contribution in [3.05, 3.63) is 87.7 Å². The maximum Gasteiger partial charge on any atom is 0.261 e. The molecule has 0 bridgehead atoms. The van der Waals surface area contributed by atoms with Crippen LogP contribution in [-0.2, 0) is 4.79 Å². The molecule has 1 saturated carbocycles. The number of carbonyl (C=O) groups is 1. The number of allylic oxidation sites excluding steroid dienone is 2. The first-order valence-corrected chi connectivity index (χ1v) is 12.6. The number of thioether (sulfide) groups is 1. The molecule has 1 saturated heterocycles. The van der Waals surface area contributed by atoms with Gasteiger partial charge in [0, 0.05) is 45.5 Å². The number of fused-ring (bicyclic) bond motifs is 3. The standard InChI is InChI=1S/C27H26FN3OS/c28-18-11-9-17(10-12-18)25-19-7-3-4-8-24(19)33-26-21-15-20(21)22(16-23(26)29-25)27(32)30-31-13-5-1-2-6-14-31/h3-4,7-12,16,20-21H,1-2,5-6,13-15H2,(H,30,32). The number of halogens is 1. The van der Waals surface area contributed by atoms with Crippen LogP contribution in [0.15, 0.2) is 80.7 Å². The van der Waals surface area contributed by atoms with Crippen molar-refractivity contribution in [3.8, 4) is 0 Å². The van der Waals surface area contributed by atoms with E-state index in [2.05, 4.69) is 22.6 Å². The van der Waals surface area contributed by atoms with Crippen molar-refractivity contribution < 1.29 is 9.18 Å². The Labute approximate surface area is 197 Å². The highest BCUT2D eigenvalue weighted by atomic mass is 32.2. The third-order valence-electron chi connectivity index (χ3n) is 6.91. The maximum absolute atomic E-state index is 13.6. The number of hydrogen-bond donors (Lipinski definition) is 1. The Hall–Kier alpha value is -2.70. The molecule has 4 aliphatic rings. The molecule has 2 atom stereocenters. The lowest BCUT2D eigenvalue weighted by molar-refractivity contribution is -0.122. The van der Waals surface area contributed by atoms with Crippen LogP contribution < -0.4 is 5.43 Å². The smallest absolute Gasteiger partial charge is 0.261 e. The zero-order valence-electron chi connectivity index (χ0n) is 18.4. The highest BCUT2D eigenvalue weighted by molar-refractivity contribution is 8.03. The highest BCUT2D eigenvalue weighted by Gasteiger charge is 2.49. The molecule has 168 valence electrons. The van der Waals surface area contributed by atoms with Crippen LogP contribution in [0.25, 0.3) is 0 Å². The van der Waals surface area contributed by atoms with Crippen LogP contribution in [0.3, 0.4) is 0 Å². The zero-order chi connectivity index (χ0) is 22.4. The van der Waals surface area contributed by atoms with Crippen LogP contribution in [0.2, 0.25) is 0 Å². The number of rotatable bonds is 3. The van der Waals surface area contributed by atoms with E-state index < -0.39 is 0 Å². The van der Waals surface area contributed by atoms with E-state index in [1.54, 1.807) is 23.9 Å². The molecule has 0 radical (unpaired) electrons. The van der Waals surface area contributed by atoms with Gasteiger partial charge in [-0.25, -0.2) is 14.4 Å². The summed E-state index contributed by atoms with van der Waals surface area (Å²) < 4.78 is 13.6. The van der Waals surface area contributed by atoms with Crippen molar-refractivity contribution in [1.82, 2.24) is 10.4 Å². The first-order valence-electron chi connectivity index (χ1n) is 11.8. The number of aliphatic imine (C=N–C) groups is 1. The largest absolute Gasteiger partial charge is 0.285 e. The minimum Gasteiger partial charge on any atom is -0.285 e. The Morgan fingerprint density at radius 3 is 2.55 bits per heavy atom. The molecule has 33 heavy (non-hydrogen) atoms. The van der Waals surface area contributed by atoms with Gasteiger partial charge >= 0.3 is 0 Å². The molecule has 2 aromatic carbocycles. The average Bonchev–Trinajstić information content (AvgIpc) is 3.65. The molecular formula is C27H26FN3OS. The first-order chi connectivity index (χ1) is 16.2. The first kappa shape index (κ1) is 20.9. The molecule has 1 amide bonds. The van der Waals surface area contributed by atoms with E-state index in [1.807, 2.05) is 18.2 Å². The highest BCUT2D eigenvalue weighted by Crippen LogP contribution is 2.58. The third-order valence-corrected chi connectivity index (χ3v) is 8.22. The van der Waals surface area contributed by atoms with Crippen molar-refractivity contribution in [3.63, 3.8) is 0 Å². The molecule has 6 rings (SSSR count). The van der Waals surface area contributed by atoms with Crippen LogP contribution in [0.1, 0.15) is 43.2 Å². The summed E-state index contributed by atoms with van der Waals surface area (Å²) in [6, 6.07) is 14.8. The van der Waals surface area contributed by atoms with Gasteiger partial charge in [0.2, 0.25) is 0 Å². The molecule has 2 heterocycles. The number of amides is 1. The van der Waals surface area contributed by atoms with Gasteiger partial charge in [0.05, 0.1) is 11.4 Å². The van der Waals surface area contributed by atoms with Crippen LogP contribution in [0, 0.1) is 17.7 Å². The number of hydrazine groups is 1. The van der Waals surface area contributed by atoms with Gasteiger partial charge in [-0.2, -0.15) is 0 Å². The SMILES string of the molecule is O=C(NN1CCCCCC1)C1=CC2=C(Sc3ccccc3C(c3ccc(F)cc3)=N2)C2CC12.